The molecule has 172 valence electrons. The van der Waals surface area contributed by atoms with Gasteiger partial charge < -0.3 is 19.3 Å². The molecule has 2 aromatic heterocycles. The quantitative estimate of drug-likeness (QED) is 0.733. The van der Waals surface area contributed by atoms with Gasteiger partial charge in [0.15, 0.2) is 0 Å². The van der Waals surface area contributed by atoms with Crippen molar-refractivity contribution in [3.8, 4) is 0 Å². The number of aromatic nitrogens is 3. The molecule has 2 fully saturated rings. The van der Waals surface area contributed by atoms with Crippen molar-refractivity contribution in [3.05, 3.63) is 24.0 Å². The van der Waals surface area contributed by atoms with Gasteiger partial charge in [0.05, 0.1) is 11.7 Å². The van der Waals surface area contributed by atoms with E-state index in [9.17, 15) is 4.79 Å². The first-order valence-corrected chi connectivity index (χ1v) is 12.0. The predicted octanol–water partition coefficient (Wildman–Crippen LogP) is 3.03. The van der Waals surface area contributed by atoms with E-state index >= 15 is 0 Å². The van der Waals surface area contributed by atoms with Gasteiger partial charge >= 0.3 is 0 Å². The van der Waals surface area contributed by atoms with Crippen molar-refractivity contribution in [2.45, 2.75) is 53.0 Å². The van der Waals surface area contributed by atoms with Crippen molar-refractivity contribution in [1.29, 1.82) is 0 Å². The van der Waals surface area contributed by atoms with E-state index in [1.54, 1.807) is 6.20 Å². The highest BCUT2D eigenvalue weighted by atomic mass is 16.2. The number of carbonyl (C=O) groups excluding carboxylic acids is 1. The first-order valence-electron chi connectivity index (χ1n) is 12.0. The normalized spacial score (nSPS) is 18.8. The number of piperidine rings is 1. The van der Waals surface area contributed by atoms with Crippen LogP contribution in [0.5, 0.6) is 0 Å². The molecule has 7 nitrogen and oxygen atoms in total. The number of unbranched alkanes of at least 4 members (excludes halogenated alkanes) is 1. The van der Waals surface area contributed by atoms with Gasteiger partial charge in [-0.3, -0.25) is 4.79 Å². The van der Waals surface area contributed by atoms with Crippen LogP contribution in [0.15, 0.2) is 18.5 Å². The second kappa shape index (κ2) is 11.6. The van der Waals surface area contributed by atoms with E-state index in [0.717, 1.165) is 48.4 Å². The number of hydrogen-bond acceptors (Lipinski definition) is 5. The lowest BCUT2D eigenvalue weighted by molar-refractivity contribution is -0.133. The minimum Gasteiger partial charge on any atom is -0.341 e. The molecule has 0 N–H and O–H groups in total. The summed E-state index contributed by atoms with van der Waals surface area (Å²) in [5.74, 6) is 0.934. The van der Waals surface area contributed by atoms with Crippen LogP contribution in [0.2, 0.25) is 0 Å². The molecule has 2 aromatic rings. The van der Waals surface area contributed by atoms with Gasteiger partial charge in [0.2, 0.25) is 5.91 Å². The third kappa shape index (κ3) is 6.50. The van der Waals surface area contributed by atoms with Gasteiger partial charge in [-0.2, -0.15) is 5.10 Å². The molecule has 0 atom stereocenters. The Balaban J connectivity index is 0.000000628. The van der Waals surface area contributed by atoms with Gasteiger partial charge in [0.25, 0.3) is 0 Å². The second-order valence-corrected chi connectivity index (χ2v) is 9.13. The fraction of sp³-hybridized carbons (Fsp3) is 0.708. The molecule has 2 aliphatic heterocycles. The summed E-state index contributed by atoms with van der Waals surface area (Å²) < 4.78 is 2.01. The molecule has 7 heteroatoms. The molecule has 2 aliphatic rings. The Morgan fingerprint density at radius 2 is 1.74 bits per heavy atom. The Kier molecular flexibility index (Phi) is 8.84. The summed E-state index contributed by atoms with van der Waals surface area (Å²) in [6.45, 7) is 14.4. The number of aryl methyl sites for hydroxylation is 1. The Morgan fingerprint density at radius 3 is 2.39 bits per heavy atom. The predicted molar refractivity (Wildman–Crippen MR) is 126 cm³/mol. The lowest BCUT2D eigenvalue weighted by atomic mass is 9.96. The van der Waals surface area contributed by atoms with Crippen LogP contribution in [-0.4, -0.2) is 88.2 Å². The van der Waals surface area contributed by atoms with Crippen LogP contribution in [0, 0.1) is 12.8 Å². The highest BCUT2D eigenvalue weighted by Crippen LogP contribution is 2.21. The maximum Gasteiger partial charge on any atom is 0.242 e. The van der Waals surface area contributed by atoms with E-state index in [4.69, 9.17) is 0 Å². The second-order valence-electron chi connectivity index (χ2n) is 9.13. The largest absolute Gasteiger partial charge is 0.341 e. The number of rotatable bonds is 5. The van der Waals surface area contributed by atoms with E-state index in [-0.39, 0.29) is 5.91 Å². The van der Waals surface area contributed by atoms with Gasteiger partial charge in [-0.25, -0.2) is 0 Å². The molecule has 0 radical (unpaired) electrons. The molecule has 0 spiro atoms. The van der Waals surface area contributed by atoms with E-state index < -0.39 is 0 Å². The Bertz CT molecular complexity index is 817. The Labute approximate surface area is 187 Å². The summed E-state index contributed by atoms with van der Waals surface area (Å²) in [7, 11) is 2.20. The van der Waals surface area contributed by atoms with Crippen molar-refractivity contribution in [2.75, 3.05) is 52.9 Å². The molecule has 0 aliphatic carbocycles. The van der Waals surface area contributed by atoms with Crippen LogP contribution in [0.1, 0.15) is 45.1 Å². The van der Waals surface area contributed by atoms with Crippen molar-refractivity contribution < 1.29 is 4.79 Å². The molecule has 0 bridgehead atoms. The zero-order valence-corrected chi connectivity index (χ0v) is 19.9. The molecule has 2 saturated heterocycles. The lowest BCUT2D eigenvalue weighted by Gasteiger charge is -2.38. The minimum absolute atomic E-state index is 0.210. The van der Waals surface area contributed by atoms with Crippen LogP contribution in [0.3, 0.4) is 0 Å². The van der Waals surface area contributed by atoms with Crippen molar-refractivity contribution >= 4 is 16.9 Å². The molecule has 0 aromatic carbocycles. The third-order valence-electron chi connectivity index (χ3n) is 6.62. The van der Waals surface area contributed by atoms with E-state index in [0.29, 0.717) is 6.54 Å². The van der Waals surface area contributed by atoms with Crippen LogP contribution >= 0.6 is 0 Å². The number of likely N-dealkylation sites (N-methyl/N-ethyl adjacent to an activating group) is 1. The Hall–Kier alpha value is -1.99. The van der Waals surface area contributed by atoms with E-state index in [1.165, 1.54) is 45.6 Å². The topological polar surface area (TPSA) is 57.5 Å². The first-order chi connectivity index (χ1) is 15.0. The maximum atomic E-state index is 12.8. The van der Waals surface area contributed by atoms with Crippen LogP contribution in [-0.2, 0) is 11.3 Å². The summed E-state index contributed by atoms with van der Waals surface area (Å²) in [5, 5.41) is 8.14. The summed E-state index contributed by atoms with van der Waals surface area (Å²) in [6.07, 6.45) is 8.58. The molecule has 31 heavy (non-hydrogen) atoms. The van der Waals surface area contributed by atoms with Gasteiger partial charge in [0, 0.05) is 52.0 Å². The van der Waals surface area contributed by atoms with Gasteiger partial charge in [-0.1, -0.05) is 26.7 Å². The first kappa shape index (κ1) is 23.7. The number of carbonyl (C=O) groups is 1. The molecule has 0 saturated carbocycles. The SMILES string of the molecule is CCCC.Cc1cn(CC(=O)N2CCC(CN3CCN(C)CC3)CC2)c2ccnnc12. The summed E-state index contributed by atoms with van der Waals surface area (Å²) in [4.78, 5) is 19.8. The van der Waals surface area contributed by atoms with Gasteiger partial charge in [0.1, 0.15) is 12.1 Å². The maximum absolute atomic E-state index is 12.8. The fourth-order valence-electron chi connectivity index (χ4n) is 4.34. The lowest BCUT2D eigenvalue weighted by Crippen LogP contribution is -2.48. The number of piperazine rings is 1. The molecular formula is C24H40N6O. The van der Waals surface area contributed by atoms with Gasteiger partial charge in [-0.05, 0) is 44.4 Å². The average Bonchev–Trinajstić information content (AvgIpc) is 3.11. The minimum atomic E-state index is 0.210. The van der Waals surface area contributed by atoms with Crippen LogP contribution in [0.25, 0.3) is 11.0 Å². The monoisotopic (exact) mass is 428 g/mol. The molecule has 4 rings (SSSR count). The highest BCUT2D eigenvalue weighted by molar-refractivity contribution is 5.82. The molecule has 0 unspecified atom stereocenters. The smallest absolute Gasteiger partial charge is 0.242 e. The van der Waals surface area contributed by atoms with E-state index in [1.807, 2.05) is 28.7 Å². The number of amides is 1. The van der Waals surface area contributed by atoms with Gasteiger partial charge in [-0.15, -0.1) is 5.10 Å². The number of likely N-dealkylation sites (tertiary alicyclic amines) is 1. The zero-order valence-electron chi connectivity index (χ0n) is 19.9. The van der Waals surface area contributed by atoms with Crippen molar-refractivity contribution in [1.82, 2.24) is 29.5 Å². The van der Waals surface area contributed by atoms with Crippen LogP contribution in [0.4, 0.5) is 0 Å². The zero-order chi connectivity index (χ0) is 22.2. The summed E-state index contributed by atoms with van der Waals surface area (Å²) >= 11 is 0. The number of fused-ring (bicyclic) bond motifs is 1. The number of nitrogens with zero attached hydrogens (tertiary/aromatic N) is 6. The Morgan fingerprint density at radius 1 is 1.06 bits per heavy atom. The fourth-order valence-corrected chi connectivity index (χ4v) is 4.34. The summed E-state index contributed by atoms with van der Waals surface area (Å²) in [5.41, 5.74) is 2.94. The standard InChI is InChI=1S/C20H30N6O.C4H10/c1-16-13-26(18-3-6-21-22-20(16)18)15-19(27)25-7-4-17(5-8-25)14-24-11-9-23(2)10-12-24;1-3-4-2/h3,6,13,17H,4-5,7-12,14-15H2,1-2H3;3-4H2,1-2H3. The summed E-state index contributed by atoms with van der Waals surface area (Å²) in [6, 6.07) is 1.94. The molecular weight excluding hydrogens is 388 g/mol. The average molecular weight is 429 g/mol. The third-order valence-corrected chi connectivity index (χ3v) is 6.62. The molecule has 4 heterocycles. The van der Waals surface area contributed by atoms with Crippen molar-refractivity contribution in [2.24, 2.45) is 5.92 Å². The molecule has 1 amide bonds. The van der Waals surface area contributed by atoms with E-state index in [2.05, 4.69) is 40.9 Å². The number of hydrogen-bond donors (Lipinski definition) is 0. The van der Waals surface area contributed by atoms with Crippen molar-refractivity contribution in [3.63, 3.8) is 0 Å². The highest BCUT2D eigenvalue weighted by Gasteiger charge is 2.25. The van der Waals surface area contributed by atoms with Crippen LogP contribution < -0.4 is 0 Å².